The third-order valence-corrected chi connectivity index (χ3v) is 6.06. The molecule has 7 heteroatoms. The van der Waals surface area contributed by atoms with E-state index in [1.165, 1.54) is 6.33 Å². The van der Waals surface area contributed by atoms with Crippen LogP contribution in [0, 0.1) is 11.3 Å². The first-order valence-corrected chi connectivity index (χ1v) is 9.49. The van der Waals surface area contributed by atoms with Crippen molar-refractivity contribution in [1.82, 2.24) is 19.8 Å². The van der Waals surface area contributed by atoms with Gasteiger partial charge in [-0.15, -0.1) is 0 Å². The number of rotatable bonds is 5. The zero-order chi connectivity index (χ0) is 18.7. The molecular weight excluding hydrogens is 344 g/mol. The molecular formula is C20H26N4O3. The molecule has 1 amide bonds. The largest absolute Gasteiger partial charge is 0.468 e. The second-order valence-electron chi connectivity index (χ2n) is 7.65. The monoisotopic (exact) mass is 370 g/mol. The number of furan rings is 1. The highest BCUT2D eigenvalue weighted by atomic mass is 16.5. The Bertz CT molecular complexity index is 742. The Morgan fingerprint density at radius 3 is 2.89 bits per heavy atom. The van der Waals surface area contributed by atoms with Crippen molar-refractivity contribution < 1.29 is 13.9 Å². The molecule has 4 rings (SSSR count). The normalized spacial score (nSPS) is 22.4. The highest BCUT2D eigenvalue weighted by Gasteiger charge is 2.48. The average Bonchev–Trinajstić information content (AvgIpc) is 3.32. The van der Waals surface area contributed by atoms with Gasteiger partial charge in [0.1, 0.15) is 17.8 Å². The van der Waals surface area contributed by atoms with Crippen LogP contribution in [0.5, 0.6) is 0 Å². The van der Waals surface area contributed by atoms with Gasteiger partial charge in [-0.1, -0.05) is 0 Å². The number of amides is 1. The van der Waals surface area contributed by atoms with Gasteiger partial charge in [0.25, 0.3) is 5.91 Å². The Labute approximate surface area is 159 Å². The molecule has 2 aromatic rings. The minimum absolute atomic E-state index is 0.000908. The summed E-state index contributed by atoms with van der Waals surface area (Å²) in [7, 11) is 1.77. The molecule has 2 saturated heterocycles. The van der Waals surface area contributed by atoms with Crippen LogP contribution >= 0.6 is 0 Å². The smallest absolute Gasteiger partial charge is 0.272 e. The zero-order valence-corrected chi connectivity index (χ0v) is 15.7. The molecule has 1 spiro atoms. The third kappa shape index (κ3) is 3.75. The first kappa shape index (κ1) is 18.1. The van der Waals surface area contributed by atoms with Gasteiger partial charge in [0, 0.05) is 45.4 Å². The van der Waals surface area contributed by atoms with Gasteiger partial charge in [-0.05, 0) is 36.5 Å². The first-order valence-electron chi connectivity index (χ1n) is 9.49. The van der Waals surface area contributed by atoms with Crippen LogP contribution in [0.15, 0.2) is 41.4 Å². The van der Waals surface area contributed by atoms with E-state index >= 15 is 0 Å². The summed E-state index contributed by atoms with van der Waals surface area (Å²) in [5.41, 5.74) is 0.672. The molecule has 144 valence electrons. The summed E-state index contributed by atoms with van der Waals surface area (Å²) in [6, 6.07) is 5.64. The lowest BCUT2D eigenvalue weighted by Gasteiger charge is -2.42. The summed E-state index contributed by atoms with van der Waals surface area (Å²) < 4.78 is 11.1. The number of aromatic nitrogens is 2. The zero-order valence-electron chi connectivity index (χ0n) is 15.7. The van der Waals surface area contributed by atoms with Crippen LogP contribution < -0.4 is 0 Å². The molecule has 0 aliphatic carbocycles. The lowest BCUT2D eigenvalue weighted by atomic mass is 9.71. The fourth-order valence-corrected chi connectivity index (χ4v) is 4.62. The van der Waals surface area contributed by atoms with Gasteiger partial charge in [-0.2, -0.15) is 0 Å². The molecule has 0 bridgehead atoms. The van der Waals surface area contributed by atoms with E-state index in [2.05, 4.69) is 14.9 Å². The molecule has 4 heterocycles. The van der Waals surface area contributed by atoms with Crippen molar-refractivity contribution in [3.05, 3.63) is 48.4 Å². The minimum atomic E-state index is 0.000908. The molecule has 2 aromatic heterocycles. The summed E-state index contributed by atoms with van der Waals surface area (Å²) in [4.78, 5) is 25.1. The maximum absolute atomic E-state index is 12.7. The van der Waals surface area contributed by atoms with Crippen LogP contribution in [0.2, 0.25) is 0 Å². The fraction of sp³-hybridized carbons (Fsp3) is 0.550. The van der Waals surface area contributed by atoms with E-state index in [9.17, 15) is 4.79 Å². The number of hydrogen-bond donors (Lipinski definition) is 0. The lowest BCUT2D eigenvalue weighted by Crippen LogP contribution is -2.47. The van der Waals surface area contributed by atoms with Crippen LogP contribution in [0.25, 0.3) is 0 Å². The highest BCUT2D eigenvalue weighted by molar-refractivity contribution is 5.92. The van der Waals surface area contributed by atoms with E-state index in [1.807, 2.05) is 17.0 Å². The molecule has 2 aliphatic heterocycles. The maximum atomic E-state index is 12.7. The molecule has 0 aromatic carbocycles. The predicted octanol–water partition coefficient (Wildman–Crippen LogP) is 2.07. The van der Waals surface area contributed by atoms with E-state index in [0.29, 0.717) is 11.6 Å². The van der Waals surface area contributed by atoms with Crippen molar-refractivity contribution in [3.63, 3.8) is 0 Å². The number of nitrogens with zero attached hydrogens (tertiary/aromatic N) is 4. The molecule has 0 saturated carbocycles. The van der Waals surface area contributed by atoms with Crippen molar-refractivity contribution in [3.8, 4) is 0 Å². The van der Waals surface area contributed by atoms with Crippen LogP contribution in [-0.4, -0.2) is 65.6 Å². The van der Waals surface area contributed by atoms with Gasteiger partial charge in [0.05, 0.1) is 19.4 Å². The Hall–Kier alpha value is -2.25. The van der Waals surface area contributed by atoms with Crippen LogP contribution in [0.1, 0.15) is 29.1 Å². The highest BCUT2D eigenvalue weighted by Crippen LogP contribution is 2.45. The number of carbonyl (C=O) groups excluding carboxylic acids is 1. The SMILES string of the molecule is COCC1CN(Cc2ccco2)CC12CCN(C(=O)c1ccncn1)CC2. The Balaban J connectivity index is 1.42. The van der Waals surface area contributed by atoms with E-state index in [1.54, 1.807) is 25.6 Å². The van der Waals surface area contributed by atoms with Crippen LogP contribution in [0.4, 0.5) is 0 Å². The Morgan fingerprint density at radius 1 is 1.37 bits per heavy atom. The van der Waals surface area contributed by atoms with Crippen molar-refractivity contribution in [2.75, 3.05) is 39.9 Å². The molecule has 2 aliphatic rings. The number of hydrogen-bond acceptors (Lipinski definition) is 6. The van der Waals surface area contributed by atoms with Crippen LogP contribution in [-0.2, 0) is 11.3 Å². The van der Waals surface area contributed by atoms with Gasteiger partial charge in [0.15, 0.2) is 0 Å². The number of likely N-dealkylation sites (tertiary alicyclic amines) is 2. The topological polar surface area (TPSA) is 71.7 Å². The second-order valence-corrected chi connectivity index (χ2v) is 7.65. The van der Waals surface area contributed by atoms with Crippen molar-refractivity contribution in [2.45, 2.75) is 19.4 Å². The maximum Gasteiger partial charge on any atom is 0.272 e. The molecule has 2 fully saturated rings. The minimum Gasteiger partial charge on any atom is -0.468 e. The fourth-order valence-electron chi connectivity index (χ4n) is 4.62. The first-order chi connectivity index (χ1) is 13.2. The van der Waals surface area contributed by atoms with Crippen molar-refractivity contribution in [2.24, 2.45) is 11.3 Å². The quantitative estimate of drug-likeness (QED) is 0.802. The molecule has 7 nitrogen and oxygen atoms in total. The van der Waals surface area contributed by atoms with Crippen LogP contribution in [0.3, 0.4) is 0 Å². The molecule has 0 N–H and O–H groups in total. The number of methoxy groups -OCH3 is 1. The number of piperidine rings is 1. The summed E-state index contributed by atoms with van der Waals surface area (Å²) >= 11 is 0. The number of carbonyl (C=O) groups is 1. The van der Waals surface area contributed by atoms with Crippen molar-refractivity contribution >= 4 is 5.91 Å². The predicted molar refractivity (Wildman–Crippen MR) is 99.0 cm³/mol. The van der Waals surface area contributed by atoms with E-state index < -0.39 is 0 Å². The average molecular weight is 370 g/mol. The van der Waals surface area contributed by atoms with Gasteiger partial charge in [-0.3, -0.25) is 9.69 Å². The molecule has 0 radical (unpaired) electrons. The molecule has 27 heavy (non-hydrogen) atoms. The summed E-state index contributed by atoms with van der Waals surface area (Å²) in [6.07, 6.45) is 6.75. The molecule has 1 unspecified atom stereocenters. The summed E-state index contributed by atoms with van der Waals surface area (Å²) in [6.45, 7) is 5.15. The van der Waals surface area contributed by atoms with Gasteiger partial charge in [0.2, 0.25) is 0 Å². The summed E-state index contributed by atoms with van der Waals surface area (Å²) in [5.74, 6) is 1.48. The van der Waals surface area contributed by atoms with E-state index in [-0.39, 0.29) is 11.3 Å². The molecule has 1 atom stereocenters. The second kappa shape index (κ2) is 7.78. The Morgan fingerprint density at radius 2 is 2.22 bits per heavy atom. The van der Waals surface area contributed by atoms with Crippen molar-refractivity contribution in [1.29, 1.82) is 0 Å². The number of ether oxygens (including phenoxy) is 1. The summed E-state index contributed by atoms with van der Waals surface area (Å²) in [5, 5.41) is 0. The van der Waals surface area contributed by atoms with E-state index in [4.69, 9.17) is 9.15 Å². The van der Waals surface area contributed by atoms with E-state index in [0.717, 1.165) is 57.9 Å². The van der Waals surface area contributed by atoms with Gasteiger partial charge < -0.3 is 14.1 Å². The Kier molecular flexibility index (Phi) is 5.22. The third-order valence-electron chi connectivity index (χ3n) is 6.06. The van der Waals surface area contributed by atoms with Gasteiger partial charge >= 0.3 is 0 Å². The standard InChI is InChI=1S/C20H26N4O3/c1-26-13-16-11-23(12-17-3-2-10-27-17)14-20(16)5-8-24(9-6-20)19(25)18-4-7-21-15-22-18/h2-4,7,10,15-16H,5-6,8-9,11-14H2,1H3. The lowest BCUT2D eigenvalue weighted by molar-refractivity contribution is 0.0319. The van der Waals surface area contributed by atoms with Gasteiger partial charge in [-0.25, -0.2) is 9.97 Å².